The van der Waals surface area contributed by atoms with Gasteiger partial charge in [0.1, 0.15) is 23.8 Å². The van der Waals surface area contributed by atoms with Crippen LogP contribution in [-0.4, -0.2) is 29.7 Å². The fourth-order valence-corrected chi connectivity index (χ4v) is 3.62. The van der Waals surface area contributed by atoms with Crippen molar-refractivity contribution >= 4 is 17.7 Å². The van der Waals surface area contributed by atoms with E-state index in [-0.39, 0.29) is 28.9 Å². The van der Waals surface area contributed by atoms with E-state index in [2.05, 4.69) is 0 Å². The highest BCUT2D eigenvalue weighted by Crippen LogP contribution is 2.34. The van der Waals surface area contributed by atoms with Gasteiger partial charge in [-0.05, 0) is 63.3 Å². The van der Waals surface area contributed by atoms with Gasteiger partial charge in [-0.25, -0.2) is 18.0 Å². The Morgan fingerprint density at radius 3 is 2.35 bits per heavy atom. The highest BCUT2D eigenvalue weighted by molar-refractivity contribution is 6.30. The summed E-state index contributed by atoms with van der Waals surface area (Å²) in [5, 5.41) is 0.245. The predicted octanol–water partition coefficient (Wildman–Crippen LogP) is 6.45. The van der Waals surface area contributed by atoms with Crippen LogP contribution in [-0.2, 0) is 11.3 Å². The molecule has 0 N–H and O–H groups in total. The minimum absolute atomic E-state index is 0.152. The summed E-state index contributed by atoms with van der Waals surface area (Å²) >= 11 is 5.73. The van der Waals surface area contributed by atoms with Crippen LogP contribution in [0.5, 0.6) is 5.75 Å². The van der Waals surface area contributed by atoms with Crippen molar-refractivity contribution in [3.05, 3.63) is 63.9 Å². The van der Waals surface area contributed by atoms with Crippen molar-refractivity contribution in [3.63, 3.8) is 0 Å². The van der Waals surface area contributed by atoms with E-state index in [4.69, 9.17) is 21.1 Å². The Balaban J connectivity index is 1.68. The molecular weight excluding hydrogens is 431 g/mol. The molecule has 2 aromatic rings. The largest absolute Gasteiger partial charge is 0.486 e. The number of carbonyl (C=O) groups is 1. The second kappa shape index (κ2) is 9.39. The van der Waals surface area contributed by atoms with E-state index >= 15 is 0 Å². The molecule has 1 heterocycles. The summed E-state index contributed by atoms with van der Waals surface area (Å²) in [6.45, 7) is 5.97. The Hall–Kier alpha value is -2.41. The van der Waals surface area contributed by atoms with Gasteiger partial charge in [0.25, 0.3) is 0 Å². The van der Waals surface area contributed by atoms with Crippen LogP contribution in [0.4, 0.5) is 18.0 Å². The van der Waals surface area contributed by atoms with E-state index < -0.39 is 29.1 Å². The van der Waals surface area contributed by atoms with E-state index in [1.54, 1.807) is 25.7 Å². The van der Waals surface area contributed by atoms with Crippen molar-refractivity contribution in [3.8, 4) is 5.75 Å². The zero-order chi connectivity index (χ0) is 22.8. The number of carbonyl (C=O) groups excluding carboxylic acids is 1. The molecular formula is C23H25ClF3NO3. The molecule has 0 bridgehead atoms. The third kappa shape index (κ3) is 6.06. The van der Waals surface area contributed by atoms with Gasteiger partial charge in [-0.1, -0.05) is 17.7 Å². The van der Waals surface area contributed by atoms with Gasteiger partial charge >= 0.3 is 6.09 Å². The van der Waals surface area contributed by atoms with E-state index in [0.717, 1.165) is 12.1 Å². The molecule has 1 saturated heterocycles. The van der Waals surface area contributed by atoms with Crippen molar-refractivity contribution in [2.75, 3.05) is 13.1 Å². The number of hydrogen-bond donors (Lipinski definition) is 0. The van der Waals surface area contributed by atoms with Gasteiger partial charge in [0.05, 0.1) is 0 Å². The minimum atomic E-state index is -0.859. The lowest BCUT2D eigenvalue weighted by Gasteiger charge is -2.33. The fraction of sp³-hybridized carbons (Fsp3) is 0.435. The van der Waals surface area contributed by atoms with Crippen LogP contribution >= 0.6 is 11.6 Å². The smallest absolute Gasteiger partial charge is 0.410 e. The summed E-state index contributed by atoms with van der Waals surface area (Å²) < 4.78 is 53.5. The van der Waals surface area contributed by atoms with Gasteiger partial charge in [0, 0.05) is 29.7 Å². The lowest BCUT2D eigenvalue weighted by Crippen LogP contribution is -2.41. The summed E-state index contributed by atoms with van der Waals surface area (Å²) in [4.78, 5) is 13.8. The van der Waals surface area contributed by atoms with Gasteiger partial charge in [0.2, 0.25) is 0 Å². The number of hydrogen-bond acceptors (Lipinski definition) is 3. The molecule has 0 unspecified atom stereocenters. The molecule has 0 aliphatic carbocycles. The van der Waals surface area contributed by atoms with Crippen molar-refractivity contribution in [2.45, 2.75) is 51.7 Å². The van der Waals surface area contributed by atoms with Crippen LogP contribution in [0.25, 0.3) is 0 Å². The molecule has 2 aromatic carbocycles. The molecule has 3 rings (SSSR count). The standard InChI is InChI=1S/C23H25ClF3NO3/c1-23(2,3)31-22(29)28-8-6-14(7-9-28)17-11-21(20(27)12-19(17)26)30-13-15-4-5-16(24)10-18(15)25/h4-5,10-12,14H,6-9,13H2,1-3H3. The van der Waals surface area contributed by atoms with Crippen LogP contribution in [0.3, 0.4) is 0 Å². The molecule has 0 aromatic heterocycles. The molecule has 0 atom stereocenters. The first kappa shape index (κ1) is 23.3. The summed E-state index contributed by atoms with van der Waals surface area (Å²) in [5.74, 6) is -2.45. The Morgan fingerprint density at radius 1 is 1.06 bits per heavy atom. The Bertz CT molecular complexity index is 954. The van der Waals surface area contributed by atoms with Crippen LogP contribution in [0.15, 0.2) is 30.3 Å². The molecule has 8 heteroatoms. The van der Waals surface area contributed by atoms with Crippen LogP contribution in [0.2, 0.25) is 5.02 Å². The topological polar surface area (TPSA) is 38.8 Å². The second-order valence-corrected chi connectivity index (χ2v) is 9.01. The Labute approximate surface area is 184 Å². The maximum Gasteiger partial charge on any atom is 0.410 e. The van der Waals surface area contributed by atoms with Crippen molar-refractivity contribution in [1.82, 2.24) is 4.90 Å². The number of ether oxygens (including phenoxy) is 2. The molecule has 4 nitrogen and oxygen atoms in total. The SMILES string of the molecule is CC(C)(C)OC(=O)N1CCC(c2cc(OCc3ccc(Cl)cc3F)c(F)cc2F)CC1. The maximum atomic E-state index is 14.5. The number of halogens is 4. The van der Waals surface area contributed by atoms with E-state index in [0.29, 0.717) is 31.5 Å². The fourth-order valence-electron chi connectivity index (χ4n) is 3.46. The van der Waals surface area contributed by atoms with Gasteiger partial charge in [-0.15, -0.1) is 0 Å². The number of benzene rings is 2. The number of piperidine rings is 1. The van der Waals surface area contributed by atoms with E-state index in [1.807, 2.05) is 0 Å². The van der Waals surface area contributed by atoms with Crippen molar-refractivity contribution < 1.29 is 27.4 Å². The first-order valence-corrected chi connectivity index (χ1v) is 10.4. The van der Waals surface area contributed by atoms with Gasteiger partial charge in [0.15, 0.2) is 11.6 Å². The second-order valence-electron chi connectivity index (χ2n) is 8.57. The summed E-state index contributed by atoms with van der Waals surface area (Å²) in [5.41, 5.74) is -0.0653. The zero-order valence-corrected chi connectivity index (χ0v) is 18.4. The van der Waals surface area contributed by atoms with Gasteiger partial charge < -0.3 is 14.4 Å². The molecule has 31 heavy (non-hydrogen) atoms. The van der Waals surface area contributed by atoms with Crippen molar-refractivity contribution in [2.24, 2.45) is 0 Å². The summed E-state index contributed by atoms with van der Waals surface area (Å²) in [7, 11) is 0. The third-order valence-corrected chi connectivity index (χ3v) is 5.27. The number of rotatable bonds is 4. The quantitative estimate of drug-likeness (QED) is 0.531. The zero-order valence-electron chi connectivity index (χ0n) is 17.7. The van der Waals surface area contributed by atoms with E-state index in [1.165, 1.54) is 18.2 Å². The van der Waals surface area contributed by atoms with Crippen LogP contribution in [0, 0.1) is 17.5 Å². The monoisotopic (exact) mass is 455 g/mol. The molecule has 0 radical (unpaired) electrons. The lowest BCUT2D eigenvalue weighted by atomic mass is 9.89. The average molecular weight is 456 g/mol. The van der Waals surface area contributed by atoms with Crippen molar-refractivity contribution in [1.29, 1.82) is 0 Å². The molecule has 168 valence electrons. The maximum absolute atomic E-state index is 14.5. The highest BCUT2D eigenvalue weighted by Gasteiger charge is 2.29. The summed E-state index contributed by atoms with van der Waals surface area (Å²) in [6.07, 6.45) is 0.611. The van der Waals surface area contributed by atoms with E-state index in [9.17, 15) is 18.0 Å². The first-order chi connectivity index (χ1) is 14.5. The third-order valence-electron chi connectivity index (χ3n) is 5.04. The Kier molecular flexibility index (Phi) is 7.04. The minimum Gasteiger partial charge on any atom is -0.486 e. The Morgan fingerprint density at radius 2 is 1.74 bits per heavy atom. The molecule has 0 spiro atoms. The summed E-state index contributed by atoms with van der Waals surface area (Å²) in [6, 6.07) is 6.21. The highest BCUT2D eigenvalue weighted by atomic mass is 35.5. The molecule has 1 aliphatic heterocycles. The molecule has 1 fully saturated rings. The number of amides is 1. The van der Waals surface area contributed by atoms with Gasteiger partial charge in [-0.3, -0.25) is 0 Å². The average Bonchev–Trinajstić information content (AvgIpc) is 2.67. The first-order valence-electron chi connectivity index (χ1n) is 10.1. The molecule has 0 saturated carbocycles. The molecule has 1 aliphatic rings. The number of likely N-dealkylation sites (tertiary alicyclic amines) is 1. The van der Waals surface area contributed by atoms with Gasteiger partial charge in [-0.2, -0.15) is 0 Å². The normalized spacial score (nSPS) is 15.1. The predicted molar refractivity (Wildman–Crippen MR) is 112 cm³/mol. The lowest BCUT2D eigenvalue weighted by molar-refractivity contribution is 0.0204. The van der Waals surface area contributed by atoms with Crippen LogP contribution < -0.4 is 4.74 Å². The molecule has 1 amide bonds. The van der Waals surface area contributed by atoms with Crippen LogP contribution in [0.1, 0.15) is 50.7 Å². The number of nitrogens with zero attached hydrogens (tertiary/aromatic N) is 1.